The third-order valence-electron chi connectivity index (χ3n) is 1.16. The minimum Gasteiger partial charge on any atom is -0.508 e. The van der Waals surface area contributed by atoms with Gasteiger partial charge in [-0.3, -0.25) is 9.79 Å². The predicted octanol–water partition coefficient (Wildman–Crippen LogP) is 0.569. The van der Waals surface area contributed by atoms with Gasteiger partial charge in [0, 0.05) is 6.07 Å². The van der Waals surface area contributed by atoms with Gasteiger partial charge in [-0.1, -0.05) is 0 Å². The van der Waals surface area contributed by atoms with E-state index >= 15 is 0 Å². The van der Waals surface area contributed by atoms with E-state index < -0.39 is 19.3 Å². The molecule has 0 aliphatic heterocycles. The summed E-state index contributed by atoms with van der Waals surface area (Å²) in [5, 5.41) is 17.9. The lowest BCUT2D eigenvalue weighted by Gasteiger charge is -2.07. The van der Waals surface area contributed by atoms with E-state index in [9.17, 15) is 4.57 Å². The Hall–Kier alpha value is -1.23. The van der Waals surface area contributed by atoms with Crippen molar-refractivity contribution in [1.82, 2.24) is 0 Å². The number of rotatable bonds is 2. The highest BCUT2D eigenvalue weighted by atomic mass is 31.2. The van der Waals surface area contributed by atoms with Crippen LogP contribution in [0, 0.1) is 0 Å². The fraction of sp³-hybridized carbons (Fsp3) is 0. The molecule has 0 bridgehead atoms. The zero-order valence-corrected chi connectivity index (χ0v) is 7.18. The van der Waals surface area contributed by atoms with Gasteiger partial charge in [-0.2, -0.15) is 0 Å². The highest BCUT2D eigenvalue weighted by Crippen LogP contribution is 2.42. The monoisotopic (exact) mass is 206 g/mol. The topological polar surface area (TPSA) is 107 Å². The average molecular weight is 206 g/mol. The molecule has 0 atom stereocenters. The Morgan fingerprint density at radius 3 is 2.38 bits per heavy atom. The molecule has 1 aromatic rings. The number of aromatic hydroxyl groups is 2. The van der Waals surface area contributed by atoms with E-state index in [0.29, 0.717) is 0 Å². The Balaban J connectivity index is 3.01. The summed E-state index contributed by atoms with van der Waals surface area (Å²) in [5.41, 5.74) is 0. The summed E-state index contributed by atoms with van der Waals surface area (Å²) in [6.07, 6.45) is 0. The van der Waals surface area contributed by atoms with Gasteiger partial charge in [-0.05, 0) is 12.1 Å². The smallest absolute Gasteiger partial charge is 0.508 e. The van der Waals surface area contributed by atoms with Crippen LogP contribution in [-0.4, -0.2) is 20.0 Å². The molecule has 4 N–H and O–H groups in total. The number of hydrogen-bond donors (Lipinski definition) is 4. The molecule has 0 saturated heterocycles. The molecule has 72 valence electrons. The van der Waals surface area contributed by atoms with E-state index in [1.54, 1.807) is 0 Å². The Morgan fingerprint density at radius 2 is 1.85 bits per heavy atom. The van der Waals surface area contributed by atoms with Crippen molar-refractivity contribution in [1.29, 1.82) is 0 Å². The second-order valence-electron chi connectivity index (χ2n) is 2.23. The van der Waals surface area contributed by atoms with E-state index in [0.717, 1.165) is 18.2 Å². The summed E-state index contributed by atoms with van der Waals surface area (Å²) < 4.78 is 14.4. The summed E-state index contributed by atoms with van der Waals surface area (Å²) in [6, 6.07) is 3.11. The van der Waals surface area contributed by atoms with Crippen LogP contribution in [0.1, 0.15) is 0 Å². The molecular weight excluding hydrogens is 199 g/mol. The molecule has 0 unspecified atom stereocenters. The molecule has 6 nitrogen and oxygen atoms in total. The van der Waals surface area contributed by atoms with Crippen molar-refractivity contribution in [2.24, 2.45) is 0 Å². The highest BCUT2D eigenvalue weighted by molar-refractivity contribution is 7.46. The number of phosphoric acid groups is 1. The highest BCUT2D eigenvalue weighted by Gasteiger charge is 2.18. The van der Waals surface area contributed by atoms with Crippen molar-refractivity contribution in [2.45, 2.75) is 0 Å². The maximum absolute atomic E-state index is 10.3. The first kappa shape index (κ1) is 9.85. The third-order valence-corrected chi connectivity index (χ3v) is 1.60. The Labute approximate surface area is 73.3 Å². The minimum absolute atomic E-state index is 0.263. The molecule has 0 amide bonds. The van der Waals surface area contributed by atoms with Crippen LogP contribution in [0.5, 0.6) is 17.2 Å². The summed E-state index contributed by atoms with van der Waals surface area (Å²) in [6.45, 7) is 0. The van der Waals surface area contributed by atoms with Gasteiger partial charge in [0.15, 0.2) is 11.5 Å². The standard InChI is InChI=1S/C6H7O6P/c7-4-1-2-5(8)6(3-4)12-13(9,10)11/h1-3,7-8H,(H2,9,10,11). The van der Waals surface area contributed by atoms with Gasteiger partial charge in [-0.25, -0.2) is 4.57 Å². The van der Waals surface area contributed by atoms with E-state index in [4.69, 9.17) is 20.0 Å². The molecule has 0 aromatic heterocycles. The fourth-order valence-corrected chi connectivity index (χ4v) is 1.11. The van der Waals surface area contributed by atoms with Gasteiger partial charge in [0.05, 0.1) is 0 Å². The molecule has 0 radical (unpaired) electrons. The van der Waals surface area contributed by atoms with Crippen molar-refractivity contribution in [2.75, 3.05) is 0 Å². The van der Waals surface area contributed by atoms with Crippen LogP contribution in [0.15, 0.2) is 18.2 Å². The summed E-state index contributed by atoms with van der Waals surface area (Å²) in [4.78, 5) is 16.8. The van der Waals surface area contributed by atoms with Crippen LogP contribution in [0.3, 0.4) is 0 Å². The van der Waals surface area contributed by atoms with E-state index in [-0.39, 0.29) is 5.75 Å². The van der Waals surface area contributed by atoms with Gasteiger partial charge in [0.25, 0.3) is 0 Å². The van der Waals surface area contributed by atoms with E-state index in [2.05, 4.69) is 4.52 Å². The lowest BCUT2D eigenvalue weighted by atomic mass is 10.3. The fourth-order valence-electron chi connectivity index (χ4n) is 0.704. The van der Waals surface area contributed by atoms with Crippen LogP contribution in [0.4, 0.5) is 0 Å². The molecule has 0 spiro atoms. The maximum atomic E-state index is 10.3. The van der Waals surface area contributed by atoms with Gasteiger partial charge >= 0.3 is 7.82 Å². The van der Waals surface area contributed by atoms with Gasteiger partial charge < -0.3 is 14.7 Å². The summed E-state index contributed by atoms with van der Waals surface area (Å²) in [5.74, 6) is -1.18. The number of phosphoric ester groups is 1. The Kier molecular flexibility index (Phi) is 2.47. The molecule has 0 heterocycles. The lowest BCUT2D eigenvalue weighted by Crippen LogP contribution is -1.90. The minimum atomic E-state index is -4.71. The molecule has 0 aliphatic carbocycles. The number of phenolic OH excluding ortho intramolecular Hbond substituents is 2. The molecule has 0 saturated carbocycles. The molecule has 1 rings (SSSR count). The normalized spacial score (nSPS) is 11.2. The number of phenols is 2. The predicted molar refractivity (Wildman–Crippen MR) is 42.4 cm³/mol. The number of hydrogen-bond acceptors (Lipinski definition) is 4. The number of benzene rings is 1. The summed E-state index contributed by atoms with van der Waals surface area (Å²) >= 11 is 0. The van der Waals surface area contributed by atoms with Gasteiger partial charge in [-0.15, -0.1) is 0 Å². The molecule has 13 heavy (non-hydrogen) atoms. The van der Waals surface area contributed by atoms with Gasteiger partial charge in [0.1, 0.15) is 5.75 Å². The van der Waals surface area contributed by atoms with Crippen LogP contribution < -0.4 is 4.52 Å². The lowest BCUT2D eigenvalue weighted by molar-refractivity contribution is 0.277. The van der Waals surface area contributed by atoms with Crippen molar-refractivity contribution < 1.29 is 29.1 Å². The second kappa shape index (κ2) is 3.26. The maximum Gasteiger partial charge on any atom is 0.524 e. The van der Waals surface area contributed by atoms with Crippen LogP contribution in [-0.2, 0) is 4.57 Å². The second-order valence-corrected chi connectivity index (χ2v) is 3.40. The van der Waals surface area contributed by atoms with Gasteiger partial charge in [0.2, 0.25) is 0 Å². The van der Waals surface area contributed by atoms with Crippen molar-refractivity contribution in [3.05, 3.63) is 18.2 Å². The first-order valence-electron chi connectivity index (χ1n) is 3.15. The Morgan fingerprint density at radius 1 is 1.23 bits per heavy atom. The van der Waals surface area contributed by atoms with E-state index in [1.165, 1.54) is 0 Å². The quantitative estimate of drug-likeness (QED) is 0.416. The van der Waals surface area contributed by atoms with Crippen LogP contribution in [0.2, 0.25) is 0 Å². The van der Waals surface area contributed by atoms with Crippen LogP contribution in [0.25, 0.3) is 0 Å². The van der Waals surface area contributed by atoms with Crippen molar-refractivity contribution in [3.8, 4) is 17.2 Å². The molecular formula is C6H7O6P. The zero-order valence-electron chi connectivity index (χ0n) is 6.28. The molecule has 7 heteroatoms. The molecule has 0 aliphatic rings. The first-order chi connectivity index (χ1) is 5.88. The molecule has 1 aromatic carbocycles. The zero-order chi connectivity index (χ0) is 10.1. The SMILES string of the molecule is O=P(O)(O)Oc1cc(O)ccc1O. The first-order valence-corrected chi connectivity index (χ1v) is 4.68. The third kappa shape index (κ3) is 2.95. The van der Waals surface area contributed by atoms with E-state index in [1.807, 2.05) is 0 Å². The van der Waals surface area contributed by atoms with Crippen LogP contribution >= 0.6 is 7.82 Å². The largest absolute Gasteiger partial charge is 0.524 e. The molecule has 0 fully saturated rings. The average Bonchev–Trinajstić information content (AvgIpc) is 1.94. The summed E-state index contributed by atoms with van der Waals surface area (Å²) in [7, 11) is -4.71. The van der Waals surface area contributed by atoms with Crippen molar-refractivity contribution >= 4 is 7.82 Å². The van der Waals surface area contributed by atoms with Crippen molar-refractivity contribution in [3.63, 3.8) is 0 Å². The Bertz CT molecular complexity index is 356.